The number of aryl methyl sites for hydroxylation is 1. The minimum absolute atomic E-state index is 0.447. The van der Waals surface area contributed by atoms with Crippen molar-refractivity contribution < 1.29 is 5.11 Å². The first kappa shape index (κ1) is 11.6. The number of benzene rings is 1. The van der Waals surface area contributed by atoms with E-state index in [1.165, 1.54) is 5.56 Å². The molecule has 0 saturated heterocycles. The Bertz CT molecular complexity index is 307. The maximum atomic E-state index is 9.74. The van der Waals surface area contributed by atoms with E-state index >= 15 is 0 Å². The number of hydrogen-bond donors (Lipinski definition) is 2. The Morgan fingerprint density at radius 2 is 2.00 bits per heavy atom. The van der Waals surface area contributed by atoms with Gasteiger partial charge in [0.1, 0.15) is 0 Å². The van der Waals surface area contributed by atoms with Crippen LogP contribution >= 0.6 is 12.6 Å². The van der Waals surface area contributed by atoms with Crippen molar-refractivity contribution >= 4 is 12.6 Å². The molecule has 78 valence electrons. The fraction of sp³-hybridized carbons (Fsp3) is 0.500. The zero-order valence-corrected chi connectivity index (χ0v) is 9.88. The maximum absolute atomic E-state index is 9.74. The van der Waals surface area contributed by atoms with E-state index in [1.807, 2.05) is 6.92 Å². The van der Waals surface area contributed by atoms with Gasteiger partial charge in [-0.1, -0.05) is 32.0 Å². The highest BCUT2D eigenvalue weighted by Crippen LogP contribution is 2.23. The van der Waals surface area contributed by atoms with Crippen molar-refractivity contribution in [2.75, 3.05) is 5.75 Å². The summed E-state index contributed by atoms with van der Waals surface area (Å²) in [7, 11) is 0. The first-order chi connectivity index (χ1) is 6.56. The lowest BCUT2D eigenvalue weighted by atomic mass is 9.96. The van der Waals surface area contributed by atoms with Crippen molar-refractivity contribution in [3.05, 3.63) is 34.9 Å². The van der Waals surface area contributed by atoms with Gasteiger partial charge in [0.2, 0.25) is 0 Å². The second kappa shape index (κ2) is 4.85. The van der Waals surface area contributed by atoms with E-state index < -0.39 is 6.10 Å². The molecule has 1 nitrogen and oxygen atoms in total. The largest absolute Gasteiger partial charge is 0.388 e. The van der Waals surface area contributed by atoms with Crippen molar-refractivity contribution in [3.63, 3.8) is 0 Å². The quantitative estimate of drug-likeness (QED) is 0.735. The summed E-state index contributed by atoms with van der Waals surface area (Å²) in [6.07, 6.45) is -0.447. The lowest BCUT2D eigenvalue weighted by Crippen LogP contribution is -2.03. The van der Waals surface area contributed by atoms with Crippen molar-refractivity contribution in [1.82, 2.24) is 0 Å². The molecule has 0 bridgehead atoms. The number of aliphatic hydroxyl groups is 1. The molecular formula is C12H18OS. The van der Waals surface area contributed by atoms with Crippen molar-refractivity contribution in [1.29, 1.82) is 0 Å². The molecule has 1 rings (SSSR count). The van der Waals surface area contributed by atoms with Crippen molar-refractivity contribution in [3.8, 4) is 0 Å². The fourth-order valence-electron chi connectivity index (χ4n) is 1.48. The summed E-state index contributed by atoms with van der Waals surface area (Å²) in [6, 6.07) is 6.27. The average molecular weight is 210 g/mol. The van der Waals surface area contributed by atoms with Crippen LogP contribution in [-0.4, -0.2) is 10.9 Å². The highest BCUT2D eigenvalue weighted by molar-refractivity contribution is 7.80. The zero-order chi connectivity index (χ0) is 10.7. The normalized spacial score (nSPS) is 13.3. The fourth-order valence-corrected chi connectivity index (χ4v) is 1.67. The monoisotopic (exact) mass is 210 g/mol. The molecule has 0 aromatic heterocycles. The van der Waals surface area contributed by atoms with Crippen LogP contribution in [0.25, 0.3) is 0 Å². The highest BCUT2D eigenvalue weighted by atomic mass is 32.1. The Morgan fingerprint density at radius 1 is 1.36 bits per heavy atom. The van der Waals surface area contributed by atoms with Crippen LogP contribution in [0, 0.1) is 6.92 Å². The predicted molar refractivity (Wildman–Crippen MR) is 64.1 cm³/mol. The van der Waals surface area contributed by atoms with Crippen LogP contribution in [-0.2, 0) is 0 Å². The van der Waals surface area contributed by atoms with E-state index in [1.54, 1.807) is 0 Å². The van der Waals surface area contributed by atoms with Crippen LogP contribution in [0.4, 0.5) is 0 Å². The molecule has 1 unspecified atom stereocenters. The Morgan fingerprint density at radius 3 is 2.50 bits per heavy atom. The standard InChI is InChI=1S/C12H18OS/c1-8(2)10-5-4-9(3)11(6-10)12(13)7-14/h4-6,8,12-14H,7H2,1-3H3. The van der Waals surface area contributed by atoms with Gasteiger partial charge in [-0.2, -0.15) is 12.6 Å². The smallest absolute Gasteiger partial charge is 0.0880 e. The molecule has 0 heterocycles. The SMILES string of the molecule is Cc1ccc(C(C)C)cc1C(O)CS. The van der Waals surface area contributed by atoms with Crippen LogP contribution in [0.3, 0.4) is 0 Å². The lowest BCUT2D eigenvalue weighted by molar-refractivity contribution is 0.203. The zero-order valence-electron chi connectivity index (χ0n) is 8.99. The molecule has 0 aliphatic rings. The minimum Gasteiger partial charge on any atom is -0.388 e. The van der Waals surface area contributed by atoms with Crippen LogP contribution < -0.4 is 0 Å². The van der Waals surface area contributed by atoms with E-state index in [2.05, 4.69) is 44.7 Å². The summed E-state index contributed by atoms with van der Waals surface area (Å²) in [6.45, 7) is 6.33. The molecule has 1 aromatic rings. The van der Waals surface area contributed by atoms with E-state index in [0.717, 1.165) is 11.1 Å². The average Bonchev–Trinajstić information content (AvgIpc) is 2.17. The molecule has 0 radical (unpaired) electrons. The lowest BCUT2D eigenvalue weighted by Gasteiger charge is -2.14. The van der Waals surface area contributed by atoms with Gasteiger partial charge in [0, 0.05) is 5.75 Å². The molecule has 0 saturated carbocycles. The Hall–Kier alpha value is -0.470. The second-order valence-corrected chi connectivity index (χ2v) is 4.33. The summed E-state index contributed by atoms with van der Waals surface area (Å²) in [5, 5.41) is 9.74. The van der Waals surface area contributed by atoms with E-state index in [9.17, 15) is 5.11 Å². The van der Waals surface area contributed by atoms with Gasteiger partial charge in [-0.25, -0.2) is 0 Å². The molecule has 0 fully saturated rings. The molecule has 1 atom stereocenters. The first-order valence-corrected chi connectivity index (χ1v) is 5.59. The van der Waals surface area contributed by atoms with Gasteiger partial charge in [0.15, 0.2) is 0 Å². The molecule has 0 spiro atoms. The third-order valence-electron chi connectivity index (χ3n) is 2.50. The second-order valence-electron chi connectivity index (χ2n) is 3.97. The van der Waals surface area contributed by atoms with Gasteiger partial charge in [-0.3, -0.25) is 0 Å². The van der Waals surface area contributed by atoms with Crippen LogP contribution in [0.15, 0.2) is 18.2 Å². The van der Waals surface area contributed by atoms with Crippen LogP contribution in [0.2, 0.25) is 0 Å². The predicted octanol–water partition coefficient (Wildman–Crippen LogP) is 3.08. The van der Waals surface area contributed by atoms with E-state index in [-0.39, 0.29) is 0 Å². The number of aliphatic hydroxyl groups excluding tert-OH is 1. The molecule has 0 amide bonds. The summed E-state index contributed by atoms with van der Waals surface area (Å²) in [4.78, 5) is 0. The molecular weight excluding hydrogens is 192 g/mol. The number of thiol groups is 1. The third-order valence-corrected chi connectivity index (χ3v) is 2.85. The van der Waals surface area contributed by atoms with Crippen LogP contribution in [0.5, 0.6) is 0 Å². The van der Waals surface area contributed by atoms with E-state index in [0.29, 0.717) is 11.7 Å². The van der Waals surface area contributed by atoms with Gasteiger partial charge >= 0.3 is 0 Å². The third kappa shape index (κ3) is 2.52. The van der Waals surface area contributed by atoms with Crippen LogP contribution in [0.1, 0.15) is 42.6 Å². The molecule has 1 aromatic carbocycles. The topological polar surface area (TPSA) is 20.2 Å². The minimum atomic E-state index is -0.447. The Balaban J connectivity index is 3.08. The molecule has 1 N–H and O–H groups in total. The van der Waals surface area contributed by atoms with Gasteiger partial charge in [0.05, 0.1) is 6.10 Å². The summed E-state index contributed by atoms with van der Waals surface area (Å²) < 4.78 is 0. The maximum Gasteiger partial charge on any atom is 0.0880 e. The van der Waals surface area contributed by atoms with Crippen molar-refractivity contribution in [2.45, 2.75) is 32.8 Å². The van der Waals surface area contributed by atoms with Gasteiger partial charge in [0.25, 0.3) is 0 Å². The molecule has 0 aliphatic carbocycles. The molecule has 0 aliphatic heterocycles. The molecule has 2 heteroatoms. The summed E-state index contributed by atoms with van der Waals surface area (Å²) in [5.41, 5.74) is 3.41. The number of rotatable bonds is 3. The Kier molecular flexibility index (Phi) is 4.02. The van der Waals surface area contributed by atoms with Gasteiger partial charge in [-0.15, -0.1) is 0 Å². The summed E-state index contributed by atoms with van der Waals surface area (Å²) >= 11 is 4.11. The number of hydrogen-bond acceptors (Lipinski definition) is 2. The first-order valence-electron chi connectivity index (χ1n) is 4.95. The molecule has 14 heavy (non-hydrogen) atoms. The highest BCUT2D eigenvalue weighted by Gasteiger charge is 2.10. The summed E-state index contributed by atoms with van der Waals surface area (Å²) in [5.74, 6) is 0.976. The van der Waals surface area contributed by atoms with Gasteiger partial charge in [-0.05, 0) is 29.5 Å². The van der Waals surface area contributed by atoms with Gasteiger partial charge < -0.3 is 5.11 Å². The Labute approximate surface area is 91.6 Å². The van der Waals surface area contributed by atoms with E-state index in [4.69, 9.17) is 0 Å². The van der Waals surface area contributed by atoms with Crippen molar-refractivity contribution in [2.24, 2.45) is 0 Å².